The molecule has 0 N–H and O–H groups in total. The normalized spacial score (nSPS) is 10.6. The van der Waals surface area contributed by atoms with Gasteiger partial charge in [-0.05, 0) is 24.3 Å². The first-order valence-corrected chi connectivity index (χ1v) is 2.53. The van der Waals surface area contributed by atoms with E-state index < -0.39 is 0 Å². The van der Waals surface area contributed by atoms with Gasteiger partial charge in [0.2, 0.25) is 0 Å². The molecule has 2 nitrogen and oxygen atoms in total. The van der Waals surface area contributed by atoms with E-state index >= 15 is 0 Å². The standard InChI is InChI=1S/C7H9NO/c1-4-7(8-9)5-6(2)3/h4-5H,1-2H2,3H3/b7-5+. The van der Waals surface area contributed by atoms with E-state index in [1.807, 2.05) is 0 Å². The van der Waals surface area contributed by atoms with Crippen LogP contribution in [0.25, 0.3) is 0 Å². The molecule has 0 radical (unpaired) electrons. The smallest absolute Gasteiger partial charge is 0.107 e. The number of allylic oxidation sites excluding steroid dienone is 3. The van der Waals surface area contributed by atoms with Gasteiger partial charge in [0, 0.05) is 0 Å². The van der Waals surface area contributed by atoms with E-state index in [2.05, 4.69) is 18.3 Å². The first-order valence-electron chi connectivity index (χ1n) is 2.53. The summed E-state index contributed by atoms with van der Waals surface area (Å²) in [4.78, 5) is 9.84. The van der Waals surface area contributed by atoms with E-state index in [1.165, 1.54) is 6.08 Å². The van der Waals surface area contributed by atoms with Crippen LogP contribution in [0.5, 0.6) is 0 Å². The minimum absolute atomic E-state index is 0.322. The van der Waals surface area contributed by atoms with Gasteiger partial charge in [0.1, 0.15) is 5.70 Å². The fourth-order valence-electron chi connectivity index (χ4n) is 0.375. The summed E-state index contributed by atoms with van der Waals surface area (Å²) in [5, 5.41) is 2.68. The molecule has 0 unspecified atom stereocenters. The zero-order valence-electron chi connectivity index (χ0n) is 5.42. The Hall–Kier alpha value is -1.18. The molecule has 0 heterocycles. The molecular formula is C7H9NO. The Balaban J connectivity index is 4.24. The van der Waals surface area contributed by atoms with E-state index in [9.17, 15) is 4.91 Å². The van der Waals surface area contributed by atoms with E-state index in [1.54, 1.807) is 13.0 Å². The van der Waals surface area contributed by atoms with Crippen LogP contribution in [0.2, 0.25) is 0 Å². The van der Waals surface area contributed by atoms with Crippen LogP contribution in [0.15, 0.2) is 41.8 Å². The first kappa shape index (κ1) is 7.82. The van der Waals surface area contributed by atoms with Crippen molar-refractivity contribution in [2.45, 2.75) is 6.92 Å². The van der Waals surface area contributed by atoms with Gasteiger partial charge in [-0.1, -0.05) is 18.7 Å². The zero-order chi connectivity index (χ0) is 7.28. The quantitative estimate of drug-likeness (QED) is 0.418. The summed E-state index contributed by atoms with van der Waals surface area (Å²) in [6.45, 7) is 8.74. The molecule has 0 aromatic heterocycles. The Kier molecular flexibility index (Phi) is 3.28. The van der Waals surface area contributed by atoms with Crippen molar-refractivity contribution in [3.63, 3.8) is 0 Å². The van der Waals surface area contributed by atoms with Crippen molar-refractivity contribution in [1.82, 2.24) is 0 Å². The number of nitrogens with zero attached hydrogens (tertiary/aromatic N) is 1. The summed E-state index contributed by atoms with van der Waals surface area (Å²) < 4.78 is 0. The van der Waals surface area contributed by atoms with Crippen LogP contribution >= 0.6 is 0 Å². The lowest BCUT2D eigenvalue weighted by Gasteiger charge is -1.85. The van der Waals surface area contributed by atoms with Gasteiger partial charge in [-0.25, -0.2) is 0 Å². The van der Waals surface area contributed by atoms with Crippen LogP contribution in [0, 0.1) is 4.91 Å². The number of hydrogen-bond acceptors (Lipinski definition) is 2. The maximum atomic E-state index is 9.84. The van der Waals surface area contributed by atoms with E-state index in [4.69, 9.17) is 0 Å². The third-order valence-electron chi connectivity index (χ3n) is 0.709. The van der Waals surface area contributed by atoms with Gasteiger partial charge in [0.05, 0.1) is 0 Å². The average molecular weight is 123 g/mol. The predicted octanol–water partition coefficient (Wildman–Crippen LogP) is 2.40. The van der Waals surface area contributed by atoms with Gasteiger partial charge in [0.25, 0.3) is 0 Å². The lowest BCUT2D eigenvalue weighted by molar-refractivity contribution is 1.36. The molecule has 0 rings (SSSR count). The topological polar surface area (TPSA) is 29.4 Å². The minimum atomic E-state index is 0.322. The highest BCUT2D eigenvalue weighted by Crippen LogP contribution is 2.00. The van der Waals surface area contributed by atoms with Crippen molar-refractivity contribution in [1.29, 1.82) is 0 Å². The Morgan fingerprint density at radius 2 is 2.22 bits per heavy atom. The molecule has 48 valence electrons. The minimum Gasteiger partial charge on any atom is -0.145 e. The lowest BCUT2D eigenvalue weighted by Crippen LogP contribution is -1.69. The molecule has 0 fully saturated rings. The first-order chi connectivity index (χ1) is 4.20. The monoisotopic (exact) mass is 123 g/mol. The third kappa shape index (κ3) is 3.41. The fourth-order valence-corrected chi connectivity index (χ4v) is 0.375. The Labute approximate surface area is 54.6 Å². The van der Waals surface area contributed by atoms with Crippen molar-refractivity contribution in [2.75, 3.05) is 0 Å². The highest BCUT2D eigenvalue weighted by molar-refractivity contribution is 5.24. The number of rotatable bonds is 3. The molecular weight excluding hydrogens is 114 g/mol. The molecule has 0 aromatic rings. The molecule has 0 aliphatic heterocycles. The van der Waals surface area contributed by atoms with E-state index in [0.717, 1.165) is 5.57 Å². The van der Waals surface area contributed by atoms with Crippen molar-refractivity contribution in [2.24, 2.45) is 5.18 Å². The highest BCUT2D eigenvalue weighted by Gasteiger charge is 1.85. The third-order valence-corrected chi connectivity index (χ3v) is 0.709. The van der Waals surface area contributed by atoms with Crippen LogP contribution in [-0.4, -0.2) is 0 Å². The molecule has 0 atom stereocenters. The molecule has 0 aromatic carbocycles. The van der Waals surface area contributed by atoms with Gasteiger partial charge < -0.3 is 0 Å². The molecule has 2 heteroatoms. The molecule has 0 bridgehead atoms. The molecule has 9 heavy (non-hydrogen) atoms. The Bertz CT molecular complexity index is 158. The summed E-state index contributed by atoms with van der Waals surface area (Å²) in [7, 11) is 0. The molecule has 0 aliphatic carbocycles. The summed E-state index contributed by atoms with van der Waals surface area (Å²) in [6, 6.07) is 0. The summed E-state index contributed by atoms with van der Waals surface area (Å²) in [5.41, 5.74) is 1.12. The van der Waals surface area contributed by atoms with Gasteiger partial charge in [0.15, 0.2) is 0 Å². The van der Waals surface area contributed by atoms with Crippen molar-refractivity contribution >= 4 is 0 Å². The highest BCUT2D eigenvalue weighted by atomic mass is 16.3. The zero-order valence-corrected chi connectivity index (χ0v) is 5.42. The van der Waals surface area contributed by atoms with Gasteiger partial charge in [-0.2, -0.15) is 0 Å². The number of nitroso groups, excluding NO2 is 1. The Morgan fingerprint density at radius 1 is 1.67 bits per heavy atom. The molecule has 0 saturated carbocycles. The van der Waals surface area contributed by atoms with Crippen molar-refractivity contribution in [3.05, 3.63) is 41.5 Å². The maximum Gasteiger partial charge on any atom is 0.107 e. The van der Waals surface area contributed by atoms with Crippen LogP contribution in [0.3, 0.4) is 0 Å². The average Bonchev–Trinajstić information content (AvgIpc) is 1.82. The summed E-state index contributed by atoms with van der Waals surface area (Å²) in [5.74, 6) is 0. The summed E-state index contributed by atoms with van der Waals surface area (Å²) in [6.07, 6.45) is 2.96. The van der Waals surface area contributed by atoms with Crippen LogP contribution in [-0.2, 0) is 0 Å². The SMILES string of the molecule is C=C/C(=C\C(=C)C)N=O. The second kappa shape index (κ2) is 3.78. The van der Waals surface area contributed by atoms with Crippen LogP contribution < -0.4 is 0 Å². The summed E-state index contributed by atoms with van der Waals surface area (Å²) >= 11 is 0. The molecule has 0 spiro atoms. The lowest BCUT2D eigenvalue weighted by atomic mass is 10.3. The fraction of sp³-hybridized carbons (Fsp3) is 0.143. The largest absolute Gasteiger partial charge is 0.145 e. The number of hydrogen-bond donors (Lipinski definition) is 0. The second-order valence-corrected chi connectivity index (χ2v) is 1.71. The van der Waals surface area contributed by atoms with E-state index in [-0.39, 0.29) is 0 Å². The molecule has 0 amide bonds. The second-order valence-electron chi connectivity index (χ2n) is 1.71. The van der Waals surface area contributed by atoms with Crippen LogP contribution in [0.4, 0.5) is 0 Å². The van der Waals surface area contributed by atoms with Crippen molar-refractivity contribution < 1.29 is 0 Å². The van der Waals surface area contributed by atoms with Crippen LogP contribution in [0.1, 0.15) is 6.92 Å². The molecule has 0 saturated heterocycles. The molecule has 0 aliphatic rings. The van der Waals surface area contributed by atoms with E-state index in [0.29, 0.717) is 5.70 Å². The van der Waals surface area contributed by atoms with Gasteiger partial charge in [-0.15, -0.1) is 4.91 Å². The van der Waals surface area contributed by atoms with Crippen molar-refractivity contribution in [3.8, 4) is 0 Å². The van der Waals surface area contributed by atoms with Gasteiger partial charge in [-0.3, -0.25) is 0 Å². The predicted molar refractivity (Wildman–Crippen MR) is 38.9 cm³/mol. The maximum absolute atomic E-state index is 9.84. The van der Waals surface area contributed by atoms with Gasteiger partial charge >= 0.3 is 0 Å². The Morgan fingerprint density at radius 3 is 2.33 bits per heavy atom.